The number of pyridine rings is 1. The molecule has 22 heavy (non-hydrogen) atoms. The summed E-state index contributed by atoms with van der Waals surface area (Å²) in [6.07, 6.45) is 6.65. The molecule has 1 N–H and O–H groups in total. The standard InChI is InChI=1S/C17H12FN3O/c1-22-17-4-5-20-9-12(17)6-11(8-19)15-10-21-16-7-13(18)2-3-14(15)16/h2-7,9-10,21H,1H3. The van der Waals surface area contributed by atoms with Gasteiger partial charge in [-0.25, -0.2) is 4.39 Å². The first-order valence-electron chi connectivity index (χ1n) is 6.59. The fraction of sp³-hybridized carbons (Fsp3) is 0.0588. The molecule has 2 heterocycles. The van der Waals surface area contributed by atoms with Crippen molar-refractivity contribution >= 4 is 22.6 Å². The van der Waals surface area contributed by atoms with E-state index >= 15 is 0 Å². The number of benzene rings is 1. The van der Waals surface area contributed by atoms with Gasteiger partial charge in [0, 0.05) is 40.6 Å². The van der Waals surface area contributed by atoms with Crippen LogP contribution in [-0.4, -0.2) is 17.1 Å². The van der Waals surface area contributed by atoms with Crippen molar-refractivity contribution < 1.29 is 9.13 Å². The first-order chi connectivity index (χ1) is 10.7. The summed E-state index contributed by atoms with van der Waals surface area (Å²) in [5.41, 5.74) is 2.51. The van der Waals surface area contributed by atoms with Crippen molar-refractivity contribution in [3.05, 3.63) is 59.8 Å². The van der Waals surface area contributed by atoms with E-state index in [4.69, 9.17) is 4.74 Å². The highest BCUT2D eigenvalue weighted by Crippen LogP contribution is 2.28. The summed E-state index contributed by atoms with van der Waals surface area (Å²) >= 11 is 0. The van der Waals surface area contributed by atoms with Crippen LogP contribution in [0, 0.1) is 17.1 Å². The third-order valence-corrected chi connectivity index (χ3v) is 3.38. The lowest BCUT2D eigenvalue weighted by atomic mass is 10.0. The zero-order valence-electron chi connectivity index (χ0n) is 11.8. The van der Waals surface area contributed by atoms with E-state index in [1.807, 2.05) is 0 Å². The minimum absolute atomic E-state index is 0.322. The van der Waals surface area contributed by atoms with Crippen LogP contribution < -0.4 is 4.74 Å². The molecule has 0 aliphatic heterocycles. The van der Waals surface area contributed by atoms with Gasteiger partial charge in [0.15, 0.2) is 0 Å². The van der Waals surface area contributed by atoms with Crippen molar-refractivity contribution in [2.45, 2.75) is 0 Å². The first kappa shape index (κ1) is 13.8. The molecule has 108 valence electrons. The van der Waals surface area contributed by atoms with Gasteiger partial charge in [-0.15, -0.1) is 0 Å². The lowest BCUT2D eigenvalue weighted by Gasteiger charge is -2.04. The highest BCUT2D eigenvalue weighted by molar-refractivity contribution is 6.01. The fourth-order valence-corrected chi connectivity index (χ4v) is 2.34. The Morgan fingerprint density at radius 3 is 3.05 bits per heavy atom. The van der Waals surface area contributed by atoms with Gasteiger partial charge in [0.1, 0.15) is 11.6 Å². The van der Waals surface area contributed by atoms with Crippen molar-refractivity contribution in [3.8, 4) is 11.8 Å². The lowest BCUT2D eigenvalue weighted by Crippen LogP contribution is -1.89. The maximum Gasteiger partial charge on any atom is 0.129 e. The van der Waals surface area contributed by atoms with Crippen LogP contribution in [0.5, 0.6) is 5.75 Å². The quantitative estimate of drug-likeness (QED) is 0.748. The Kier molecular flexibility index (Phi) is 3.58. The molecule has 2 aromatic heterocycles. The molecule has 0 saturated carbocycles. The van der Waals surface area contributed by atoms with Crippen molar-refractivity contribution in [1.82, 2.24) is 9.97 Å². The zero-order chi connectivity index (χ0) is 15.5. The maximum atomic E-state index is 13.3. The molecular weight excluding hydrogens is 281 g/mol. The van der Waals surface area contributed by atoms with Gasteiger partial charge in [-0.1, -0.05) is 0 Å². The Morgan fingerprint density at radius 2 is 2.27 bits per heavy atom. The molecule has 0 amide bonds. The van der Waals surface area contributed by atoms with Gasteiger partial charge in [0.25, 0.3) is 0 Å². The summed E-state index contributed by atoms with van der Waals surface area (Å²) < 4.78 is 18.5. The van der Waals surface area contributed by atoms with E-state index in [-0.39, 0.29) is 5.82 Å². The number of nitrogens with zero attached hydrogens (tertiary/aromatic N) is 2. The summed E-state index contributed by atoms with van der Waals surface area (Å²) in [5, 5.41) is 10.3. The molecule has 0 aliphatic rings. The van der Waals surface area contributed by atoms with Crippen LogP contribution in [0.1, 0.15) is 11.1 Å². The number of aromatic nitrogens is 2. The molecule has 4 nitrogen and oxygen atoms in total. The molecule has 0 radical (unpaired) electrons. The molecule has 0 aliphatic carbocycles. The SMILES string of the molecule is COc1ccncc1C=C(C#N)c1c[nH]c2cc(F)ccc12. The molecule has 3 rings (SSSR count). The number of hydrogen-bond donors (Lipinski definition) is 1. The lowest BCUT2D eigenvalue weighted by molar-refractivity contribution is 0.413. The van der Waals surface area contributed by atoms with Crippen LogP contribution >= 0.6 is 0 Å². The van der Waals surface area contributed by atoms with Crippen LogP contribution in [0.25, 0.3) is 22.6 Å². The van der Waals surface area contributed by atoms with Crippen LogP contribution in [0.4, 0.5) is 4.39 Å². The largest absolute Gasteiger partial charge is 0.496 e. The van der Waals surface area contributed by atoms with Crippen LogP contribution in [0.2, 0.25) is 0 Å². The normalized spacial score (nSPS) is 11.4. The number of nitrogens with one attached hydrogen (secondary N) is 1. The van der Waals surface area contributed by atoms with Gasteiger partial charge in [-0.2, -0.15) is 5.26 Å². The van der Waals surface area contributed by atoms with E-state index in [0.717, 1.165) is 5.39 Å². The monoisotopic (exact) mass is 293 g/mol. The third-order valence-electron chi connectivity index (χ3n) is 3.38. The second kappa shape index (κ2) is 5.70. The average molecular weight is 293 g/mol. The Bertz CT molecular complexity index is 906. The molecule has 3 aromatic rings. The number of methoxy groups -OCH3 is 1. The van der Waals surface area contributed by atoms with Crippen molar-refractivity contribution in [2.75, 3.05) is 7.11 Å². The number of halogens is 1. The van der Waals surface area contributed by atoms with Crippen molar-refractivity contribution in [3.63, 3.8) is 0 Å². The smallest absolute Gasteiger partial charge is 0.129 e. The summed E-state index contributed by atoms with van der Waals surface area (Å²) in [5.74, 6) is 0.311. The van der Waals surface area contributed by atoms with E-state index in [9.17, 15) is 9.65 Å². The minimum atomic E-state index is -0.322. The van der Waals surface area contributed by atoms with Gasteiger partial charge < -0.3 is 9.72 Å². The number of fused-ring (bicyclic) bond motifs is 1. The molecule has 0 unspecified atom stereocenters. The Hall–Kier alpha value is -3.13. The highest BCUT2D eigenvalue weighted by atomic mass is 19.1. The van der Waals surface area contributed by atoms with Gasteiger partial charge in [-0.05, 0) is 30.3 Å². The Labute approximate surface area is 126 Å². The second-order valence-corrected chi connectivity index (χ2v) is 4.68. The molecule has 5 heteroatoms. The molecule has 0 fully saturated rings. The summed E-state index contributed by atoms with van der Waals surface area (Å²) in [7, 11) is 1.56. The average Bonchev–Trinajstić information content (AvgIpc) is 2.95. The van der Waals surface area contributed by atoms with Gasteiger partial charge in [0.05, 0.1) is 18.8 Å². The number of aromatic amines is 1. The summed E-state index contributed by atoms with van der Waals surface area (Å²) in [6, 6.07) is 8.33. The molecule has 1 aromatic carbocycles. The molecule has 0 spiro atoms. The topological polar surface area (TPSA) is 61.7 Å². The van der Waals surface area contributed by atoms with Gasteiger partial charge in [0.2, 0.25) is 0 Å². The number of nitriles is 1. The summed E-state index contributed by atoms with van der Waals surface area (Å²) in [6.45, 7) is 0. The highest BCUT2D eigenvalue weighted by Gasteiger charge is 2.10. The van der Waals surface area contributed by atoms with Crippen LogP contribution in [0.3, 0.4) is 0 Å². The number of hydrogen-bond acceptors (Lipinski definition) is 3. The van der Waals surface area contributed by atoms with E-state index in [1.165, 1.54) is 12.1 Å². The fourth-order valence-electron chi connectivity index (χ4n) is 2.34. The van der Waals surface area contributed by atoms with Gasteiger partial charge >= 0.3 is 0 Å². The Morgan fingerprint density at radius 1 is 1.41 bits per heavy atom. The molecule has 0 saturated heterocycles. The predicted molar refractivity (Wildman–Crippen MR) is 82.5 cm³/mol. The first-order valence-corrected chi connectivity index (χ1v) is 6.59. The molecule has 0 bridgehead atoms. The van der Waals surface area contributed by atoms with E-state index in [1.54, 1.807) is 43.9 Å². The molecular formula is C17H12FN3O. The van der Waals surface area contributed by atoms with E-state index in [0.29, 0.717) is 28.0 Å². The number of ether oxygens (including phenoxy) is 1. The van der Waals surface area contributed by atoms with E-state index in [2.05, 4.69) is 16.0 Å². The molecule has 0 atom stereocenters. The summed E-state index contributed by atoms with van der Waals surface area (Å²) in [4.78, 5) is 7.02. The van der Waals surface area contributed by atoms with Crippen molar-refractivity contribution in [1.29, 1.82) is 5.26 Å². The van der Waals surface area contributed by atoms with Gasteiger partial charge in [-0.3, -0.25) is 4.98 Å². The van der Waals surface area contributed by atoms with Crippen molar-refractivity contribution in [2.24, 2.45) is 0 Å². The zero-order valence-corrected chi connectivity index (χ0v) is 11.8. The third kappa shape index (κ3) is 2.42. The van der Waals surface area contributed by atoms with E-state index < -0.39 is 0 Å². The number of allylic oxidation sites excluding steroid dienone is 1. The Balaban J connectivity index is 2.14. The minimum Gasteiger partial charge on any atom is -0.496 e. The second-order valence-electron chi connectivity index (χ2n) is 4.68. The maximum absolute atomic E-state index is 13.3. The predicted octanol–water partition coefficient (Wildman–Crippen LogP) is 3.77. The number of rotatable bonds is 3. The number of H-pyrrole nitrogens is 1. The van der Waals surface area contributed by atoms with Crippen LogP contribution in [0.15, 0.2) is 42.9 Å². The van der Waals surface area contributed by atoms with Crippen LogP contribution in [-0.2, 0) is 0 Å².